The number of likely N-dealkylation sites (tertiary alicyclic amines) is 1. The SMILES string of the molecule is CC1(C)C(/C=C/C2=C(c3cccc(CCCCC(=O)NCCCC[C@H](NC(=O)C[C@H](NC(=O)CCNC(=O)[C@H]4C[C@H](NC(=O)Cc5ccc(Cl)cc5Cl)CN4C(=O)c4cc(Cl)sc4S(N)(=O)=O)C(=O)O)C(=O)O)c3)C(=C/C=C3/N(CCCCS(=O)(=O)O)c4ccc(S(=O)(=O)O)cc4C3(C)C)/CCC2)=[N+](CCCCS(=O)(=O)O)c2ccc(S(=O)(=O)O)cc21. The Morgan fingerprint density at radius 3 is 1.98 bits per heavy atom. The van der Waals surface area contributed by atoms with Crippen molar-refractivity contribution in [2.75, 3.05) is 49.1 Å². The number of hydrogen-bond donors (Lipinski definition) is 12. The standard InChI is InChI=1S/C80H96Cl3N9O24S6/c1-79(2)58-43-55(121(111,112)113)26-28-63(58)90(35-9-11-37-118(103,104)105)66(79)30-23-49-17-14-18-50(24-31-67-80(3,4)59-44-56(122(114,115)116)27-29-64(59)91(67)36-10-12-38-119(106,107)108)73(49)52-19-13-16-48(39-52)15-5-6-21-69(93)85-33-8-7-20-61(76(99)100)88-72(96)46-62(77(101)102)89-70(94)32-34-86-74(97)65-42-54(87-71(95)40-51-22-25-53(81)41-60(51)82)47-92(65)75(98)57-45-68(83)117-78(57)120(84,109)110/h13,16,19,22-31,39,41,43-45,54,61-62,65H,5-12,14-15,17-18,20-21,32-38,40,42,46-47H2,1-4H3,(H12-,84,85,86,87,88,89,93,94,95,96,97,99,100,101,102,103,104,105,106,107,108,109,110,111,112,113,114,115,116)/p+1/t54-,61-,62-,65+/m0/s1. The minimum Gasteiger partial charge on any atom is -0.480 e. The molecule has 5 aromatic rings. The highest BCUT2D eigenvalue weighted by Gasteiger charge is 2.47. The van der Waals surface area contributed by atoms with E-state index in [0.717, 1.165) is 38.8 Å². The van der Waals surface area contributed by atoms with E-state index in [2.05, 4.69) is 32.7 Å². The third-order valence-electron chi connectivity index (χ3n) is 21.4. The van der Waals surface area contributed by atoms with Gasteiger partial charge in [-0.1, -0.05) is 91.1 Å². The van der Waals surface area contributed by atoms with Crippen LogP contribution in [0.25, 0.3) is 5.57 Å². The molecule has 4 heterocycles. The molecular weight excluding hydrogens is 1770 g/mol. The summed E-state index contributed by atoms with van der Waals surface area (Å²) >= 11 is 18.9. The number of rotatable bonds is 41. The van der Waals surface area contributed by atoms with E-state index < -0.39 is 168 Å². The number of thiophene rings is 1. The van der Waals surface area contributed by atoms with Crippen molar-refractivity contribution in [1.82, 2.24) is 31.5 Å². The van der Waals surface area contributed by atoms with Gasteiger partial charge in [0.15, 0.2) is 5.71 Å². The molecule has 42 heteroatoms. The van der Waals surface area contributed by atoms with Gasteiger partial charge in [0.05, 0.1) is 49.5 Å². The predicted octanol–water partition coefficient (Wildman–Crippen LogP) is 9.04. The maximum atomic E-state index is 14.0. The molecule has 0 spiro atoms. The molecule has 1 fully saturated rings. The lowest BCUT2D eigenvalue weighted by molar-refractivity contribution is -0.438. The van der Waals surface area contributed by atoms with Crippen LogP contribution in [0.3, 0.4) is 0 Å². The summed E-state index contributed by atoms with van der Waals surface area (Å²) in [6.07, 6.45) is 10.6. The number of halogens is 3. The number of sulfonamides is 1. The number of hydrogen-bond acceptors (Lipinski definition) is 20. The van der Waals surface area contributed by atoms with Gasteiger partial charge in [-0.15, -0.1) is 11.3 Å². The van der Waals surface area contributed by atoms with Crippen molar-refractivity contribution in [2.24, 2.45) is 5.14 Å². The summed E-state index contributed by atoms with van der Waals surface area (Å²) in [5.41, 5.74) is 6.44. The molecule has 4 atom stereocenters. The number of carboxylic acid groups (broad SMARTS) is 2. The fourth-order valence-electron chi connectivity index (χ4n) is 15.5. The Hall–Kier alpha value is -8.81. The van der Waals surface area contributed by atoms with Gasteiger partial charge in [-0.2, -0.15) is 38.2 Å². The van der Waals surface area contributed by atoms with E-state index in [-0.39, 0.29) is 103 Å². The Kier molecular flexibility index (Phi) is 32.5. The van der Waals surface area contributed by atoms with Crippen LogP contribution in [0.5, 0.6) is 0 Å². The summed E-state index contributed by atoms with van der Waals surface area (Å²) in [6.45, 7) is 7.50. The molecule has 662 valence electrons. The number of fused-ring (bicyclic) bond motifs is 2. The van der Waals surface area contributed by atoms with Crippen molar-refractivity contribution in [3.63, 3.8) is 0 Å². The van der Waals surface area contributed by atoms with Crippen LogP contribution in [0.4, 0.5) is 11.4 Å². The van der Waals surface area contributed by atoms with Crippen molar-refractivity contribution in [1.29, 1.82) is 0 Å². The summed E-state index contributed by atoms with van der Waals surface area (Å²) < 4.78 is 163. The average Bonchev–Trinajstić information content (AvgIpc) is 1.59. The number of nitrogens with zero attached hydrogens (tertiary/aromatic N) is 3. The molecule has 3 aliphatic heterocycles. The topological polar surface area (TPSA) is 524 Å². The van der Waals surface area contributed by atoms with Crippen molar-refractivity contribution in [3.05, 3.63) is 174 Å². The number of aliphatic carboxylic acids is 2. The summed E-state index contributed by atoms with van der Waals surface area (Å²) in [4.78, 5) is 108. The summed E-state index contributed by atoms with van der Waals surface area (Å²) in [7, 11) is -22.3. The molecule has 1 saturated heterocycles. The number of carbonyl (C=O) groups excluding carboxylic acids is 6. The van der Waals surface area contributed by atoms with Crippen LogP contribution >= 0.6 is 46.1 Å². The Labute approximate surface area is 726 Å². The third-order valence-corrected chi connectivity index (χ3v) is 28.1. The number of primary sulfonamides is 1. The minimum atomic E-state index is -4.64. The summed E-state index contributed by atoms with van der Waals surface area (Å²) in [5, 5.41) is 38.4. The quantitative estimate of drug-likeness (QED) is 0.00985. The number of carboxylic acids is 2. The molecule has 1 aliphatic carbocycles. The van der Waals surface area contributed by atoms with E-state index in [1.165, 1.54) is 42.5 Å². The second-order valence-electron chi connectivity index (χ2n) is 31.2. The fraction of sp³-hybridized carbons (Fsp3) is 0.438. The first-order chi connectivity index (χ1) is 57.0. The Morgan fingerprint density at radius 2 is 1.32 bits per heavy atom. The molecule has 1 aromatic heterocycles. The highest BCUT2D eigenvalue weighted by Crippen LogP contribution is 2.50. The van der Waals surface area contributed by atoms with Crippen molar-refractivity contribution in [2.45, 2.75) is 192 Å². The van der Waals surface area contributed by atoms with Gasteiger partial charge in [0, 0.05) is 96.0 Å². The van der Waals surface area contributed by atoms with Crippen LogP contribution < -0.4 is 36.6 Å². The van der Waals surface area contributed by atoms with Crippen LogP contribution in [0.15, 0.2) is 140 Å². The molecule has 13 N–H and O–H groups in total. The van der Waals surface area contributed by atoms with E-state index in [1.54, 1.807) is 12.1 Å². The molecule has 0 bridgehead atoms. The smallest absolute Gasteiger partial charge is 0.326 e. The molecule has 0 unspecified atom stereocenters. The van der Waals surface area contributed by atoms with Gasteiger partial charge >= 0.3 is 11.9 Å². The van der Waals surface area contributed by atoms with Crippen LogP contribution in [-0.2, 0) is 108 Å². The van der Waals surface area contributed by atoms with Crippen LogP contribution in [0.1, 0.15) is 169 Å². The zero-order chi connectivity index (χ0) is 89.8. The zero-order valence-electron chi connectivity index (χ0n) is 66.9. The van der Waals surface area contributed by atoms with Gasteiger partial charge in [-0.25, -0.2) is 23.1 Å². The van der Waals surface area contributed by atoms with Gasteiger partial charge in [-0.05, 0) is 191 Å². The molecule has 4 aromatic carbocycles. The van der Waals surface area contributed by atoms with E-state index in [4.69, 9.17) is 39.9 Å². The lowest BCUT2D eigenvalue weighted by Gasteiger charge is -2.28. The highest BCUT2D eigenvalue weighted by atomic mass is 35.5. The summed E-state index contributed by atoms with van der Waals surface area (Å²) in [6, 6.07) is 16.4. The average molecular weight is 1870 g/mol. The number of nitrogens with two attached hydrogens (primary N) is 1. The molecule has 0 radical (unpaired) electrons. The number of amides is 6. The Morgan fingerprint density at radius 1 is 0.656 bits per heavy atom. The first kappa shape index (κ1) is 97.0. The van der Waals surface area contributed by atoms with Crippen LogP contribution in [-0.4, -0.2) is 201 Å². The van der Waals surface area contributed by atoms with Crippen molar-refractivity contribution < 1.29 is 113 Å². The fourth-order valence-corrected chi connectivity index (χ4v) is 20.4. The van der Waals surface area contributed by atoms with E-state index >= 15 is 0 Å². The first-order valence-electron chi connectivity index (χ1n) is 38.9. The lowest BCUT2D eigenvalue weighted by atomic mass is 9.79. The number of nitrogens with one attached hydrogen (secondary N) is 5. The van der Waals surface area contributed by atoms with Gasteiger partial charge in [0.1, 0.15) is 28.9 Å². The van der Waals surface area contributed by atoms with Gasteiger partial charge in [0.2, 0.25) is 45.2 Å². The molecular formula is C80H97Cl3N9O24S6+. The number of anilines is 1. The minimum absolute atomic E-state index is 0.105. The van der Waals surface area contributed by atoms with Crippen LogP contribution in [0.2, 0.25) is 14.4 Å². The molecule has 0 saturated carbocycles. The maximum Gasteiger partial charge on any atom is 0.326 e. The molecule has 9 rings (SSSR count). The van der Waals surface area contributed by atoms with E-state index in [0.29, 0.717) is 107 Å². The number of allylic oxidation sites excluding steroid dienone is 8. The number of unbranched alkanes of at least 4 members (excludes halogenated alkanes) is 4. The number of carbonyl (C=O) groups is 8. The highest BCUT2D eigenvalue weighted by molar-refractivity contribution is 7.91. The van der Waals surface area contributed by atoms with Crippen molar-refractivity contribution in [3.8, 4) is 0 Å². The summed E-state index contributed by atoms with van der Waals surface area (Å²) in [5.74, 6) is -8.75. The number of aryl methyl sites for hydroxylation is 1. The largest absolute Gasteiger partial charge is 0.480 e. The second kappa shape index (κ2) is 40.9. The van der Waals surface area contributed by atoms with E-state index in [1.807, 2.05) is 79.7 Å². The number of benzene rings is 4. The maximum absolute atomic E-state index is 14.0. The Bertz CT molecular complexity index is 5690. The zero-order valence-corrected chi connectivity index (χ0v) is 74.1. The molecule has 4 aliphatic rings. The Balaban J connectivity index is 0.819. The molecule has 122 heavy (non-hydrogen) atoms. The molecule has 6 amide bonds. The van der Waals surface area contributed by atoms with Crippen molar-refractivity contribution >= 4 is 167 Å². The molecule has 33 nitrogen and oxygen atoms in total. The van der Waals surface area contributed by atoms with Crippen LogP contribution in [0, 0.1) is 0 Å². The van der Waals surface area contributed by atoms with Gasteiger partial charge in [-0.3, -0.25) is 47.0 Å². The lowest BCUT2D eigenvalue weighted by Crippen LogP contribution is -2.48. The van der Waals surface area contributed by atoms with E-state index in [9.17, 15) is 109 Å². The van der Waals surface area contributed by atoms with Gasteiger partial charge in [0.25, 0.3) is 46.4 Å². The van der Waals surface area contributed by atoms with Gasteiger partial charge < -0.3 is 46.6 Å². The predicted molar refractivity (Wildman–Crippen MR) is 458 cm³/mol. The first-order valence-corrected chi connectivity index (χ1v) is 48.5. The third kappa shape index (κ3) is 26.2. The normalized spacial score (nSPS) is 17.8. The monoisotopic (exact) mass is 1860 g/mol. The second-order valence-corrected chi connectivity index (χ2v) is 41.4.